The Labute approximate surface area is 124 Å². The molecule has 0 aliphatic rings. The van der Waals surface area contributed by atoms with Crippen LogP contribution in [-0.2, 0) is 11.3 Å². The quantitative estimate of drug-likeness (QED) is 0.589. The minimum absolute atomic E-state index is 0.586. The topological polar surface area (TPSA) is 88.1 Å². The first kappa shape index (κ1) is 15.2. The Kier molecular flexibility index (Phi) is 5.51. The van der Waals surface area contributed by atoms with E-state index in [9.17, 15) is 0 Å². The van der Waals surface area contributed by atoms with Crippen molar-refractivity contribution in [2.45, 2.75) is 26.3 Å². The SMILES string of the molecule is CCCCOCCn1nnnc1-c1ccc(N)c(OC)c1. The molecular weight excluding hydrogens is 270 g/mol. The number of rotatable bonds is 8. The maximum atomic E-state index is 5.81. The van der Waals surface area contributed by atoms with Crippen molar-refractivity contribution in [2.75, 3.05) is 26.1 Å². The molecule has 0 amide bonds. The molecule has 0 spiro atoms. The first-order chi connectivity index (χ1) is 10.3. The summed E-state index contributed by atoms with van der Waals surface area (Å²) in [5.41, 5.74) is 7.26. The van der Waals surface area contributed by atoms with E-state index in [0.717, 1.165) is 25.0 Å². The van der Waals surface area contributed by atoms with Gasteiger partial charge in [0, 0.05) is 12.2 Å². The zero-order valence-corrected chi connectivity index (χ0v) is 12.5. The Bertz CT molecular complexity index is 570. The van der Waals surface area contributed by atoms with Crippen molar-refractivity contribution in [1.82, 2.24) is 20.2 Å². The number of tetrazole rings is 1. The van der Waals surface area contributed by atoms with Gasteiger partial charge in [0.05, 0.1) is 25.9 Å². The van der Waals surface area contributed by atoms with Crippen molar-refractivity contribution in [3.8, 4) is 17.1 Å². The van der Waals surface area contributed by atoms with Gasteiger partial charge in [0.1, 0.15) is 5.75 Å². The molecule has 1 aromatic heterocycles. The van der Waals surface area contributed by atoms with E-state index in [2.05, 4.69) is 22.4 Å². The predicted octanol–water partition coefficient (Wildman–Crippen LogP) is 1.75. The van der Waals surface area contributed by atoms with Crippen molar-refractivity contribution in [1.29, 1.82) is 0 Å². The summed E-state index contributed by atoms with van der Waals surface area (Å²) in [6.07, 6.45) is 2.19. The van der Waals surface area contributed by atoms with Gasteiger partial charge in [-0.15, -0.1) is 5.10 Å². The van der Waals surface area contributed by atoms with Gasteiger partial charge in [0.15, 0.2) is 5.82 Å². The average Bonchev–Trinajstić information content (AvgIpc) is 2.96. The van der Waals surface area contributed by atoms with Crippen LogP contribution in [0.25, 0.3) is 11.4 Å². The summed E-state index contributed by atoms with van der Waals surface area (Å²) >= 11 is 0. The lowest BCUT2D eigenvalue weighted by Gasteiger charge is -2.08. The fraction of sp³-hybridized carbons (Fsp3) is 0.500. The van der Waals surface area contributed by atoms with Gasteiger partial charge in [-0.05, 0) is 35.0 Å². The minimum atomic E-state index is 0.586. The van der Waals surface area contributed by atoms with Gasteiger partial charge in [-0.2, -0.15) is 0 Å². The number of nitrogens with two attached hydrogens (primary N) is 1. The second-order valence-corrected chi connectivity index (χ2v) is 4.65. The molecule has 2 aromatic rings. The van der Waals surface area contributed by atoms with Crippen LogP contribution in [0.1, 0.15) is 19.8 Å². The number of nitrogen functional groups attached to an aromatic ring is 1. The number of ether oxygens (including phenoxy) is 2. The molecule has 0 saturated carbocycles. The summed E-state index contributed by atoms with van der Waals surface area (Å²) in [5, 5.41) is 11.8. The molecular formula is C14H21N5O2. The molecule has 114 valence electrons. The van der Waals surface area contributed by atoms with Gasteiger partial charge in [-0.3, -0.25) is 0 Å². The maximum absolute atomic E-state index is 5.81. The van der Waals surface area contributed by atoms with Gasteiger partial charge in [0.2, 0.25) is 0 Å². The lowest BCUT2D eigenvalue weighted by molar-refractivity contribution is 0.121. The summed E-state index contributed by atoms with van der Waals surface area (Å²) < 4.78 is 12.5. The van der Waals surface area contributed by atoms with Gasteiger partial charge in [-0.25, -0.2) is 4.68 Å². The first-order valence-electron chi connectivity index (χ1n) is 7.04. The fourth-order valence-electron chi connectivity index (χ4n) is 1.91. The summed E-state index contributed by atoms with van der Waals surface area (Å²) in [7, 11) is 1.58. The van der Waals surface area contributed by atoms with E-state index in [0.29, 0.717) is 30.4 Å². The van der Waals surface area contributed by atoms with E-state index >= 15 is 0 Å². The Morgan fingerprint density at radius 2 is 2.14 bits per heavy atom. The Hall–Kier alpha value is -2.15. The Morgan fingerprint density at radius 3 is 2.90 bits per heavy atom. The van der Waals surface area contributed by atoms with E-state index in [4.69, 9.17) is 15.2 Å². The van der Waals surface area contributed by atoms with E-state index < -0.39 is 0 Å². The zero-order chi connectivity index (χ0) is 15.1. The van der Waals surface area contributed by atoms with E-state index in [1.165, 1.54) is 0 Å². The van der Waals surface area contributed by atoms with E-state index in [-0.39, 0.29) is 0 Å². The van der Waals surface area contributed by atoms with Crippen LogP contribution in [0, 0.1) is 0 Å². The first-order valence-corrected chi connectivity index (χ1v) is 7.04. The molecule has 0 radical (unpaired) electrons. The lowest BCUT2D eigenvalue weighted by atomic mass is 10.2. The molecule has 0 atom stereocenters. The molecule has 21 heavy (non-hydrogen) atoms. The van der Waals surface area contributed by atoms with Crippen molar-refractivity contribution < 1.29 is 9.47 Å². The number of aromatic nitrogens is 4. The minimum Gasteiger partial charge on any atom is -0.495 e. The van der Waals surface area contributed by atoms with E-state index in [1.807, 2.05) is 12.1 Å². The van der Waals surface area contributed by atoms with Crippen LogP contribution in [0.3, 0.4) is 0 Å². The average molecular weight is 291 g/mol. The number of benzene rings is 1. The van der Waals surface area contributed by atoms with Gasteiger partial charge < -0.3 is 15.2 Å². The molecule has 0 saturated heterocycles. The summed E-state index contributed by atoms with van der Waals surface area (Å²) in [5.74, 6) is 1.29. The van der Waals surface area contributed by atoms with Crippen molar-refractivity contribution in [3.05, 3.63) is 18.2 Å². The highest BCUT2D eigenvalue weighted by atomic mass is 16.5. The highest BCUT2D eigenvalue weighted by molar-refractivity contribution is 5.65. The van der Waals surface area contributed by atoms with Crippen LogP contribution in [0.15, 0.2) is 18.2 Å². The van der Waals surface area contributed by atoms with Crippen LogP contribution in [-0.4, -0.2) is 40.5 Å². The molecule has 1 heterocycles. The monoisotopic (exact) mass is 291 g/mol. The molecule has 2 N–H and O–H groups in total. The normalized spacial score (nSPS) is 10.8. The van der Waals surface area contributed by atoms with Gasteiger partial charge in [-0.1, -0.05) is 13.3 Å². The molecule has 0 fully saturated rings. The molecule has 0 aliphatic carbocycles. The van der Waals surface area contributed by atoms with Gasteiger partial charge >= 0.3 is 0 Å². The largest absolute Gasteiger partial charge is 0.495 e. The molecule has 7 heteroatoms. The Morgan fingerprint density at radius 1 is 1.29 bits per heavy atom. The third-order valence-corrected chi connectivity index (χ3v) is 3.11. The second-order valence-electron chi connectivity index (χ2n) is 4.65. The summed E-state index contributed by atoms with van der Waals surface area (Å²) in [6.45, 7) is 4.10. The van der Waals surface area contributed by atoms with Crippen molar-refractivity contribution >= 4 is 5.69 Å². The third-order valence-electron chi connectivity index (χ3n) is 3.11. The molecule has 0 bridgehead atoms. The van der Waals surface area contributed by atoms with Crippen molar-refractivity contribution in [2.24, 2.45) is 0 Å². The second kappa shape index (κ2) is 7.58. The maximum Gasteiger partial charge on any atom is 0.182 e. The standard InChI is InChI=1S/C14H21N5O2/c1-3-4-8-21-9-7-19-14(16-17-18-19)11-5-6-12(15)13(10-11)20-2/h5-6,10H,3-4,7-9,15H2,1-2H3. The molecule has 1 aromatic carbocycles. The predicted molar refractivity (Wildman–Crippen MR) is 79.9 cm³/mol. The van der Waals surface area contributed by atoms with Crippen LogP contribution < -0.4 is 10.5 Å². The number of methoxy groups -OCH3 is 1. The molecule has 0 unspecified atom stereocenters. The summed E-state index contributed by atoms with van der Waals surface area (Å²) in [6, 6.07) is 5.48. The van der Waals surface area contributed by atoms with Gasteiger partial charge in [0.25, 0.3) is 0 Å². The number of hydrogen-bond donors (Lipinski definition) is 1. The highest BCUT2D eigenvalue weighted by Gasteiger charge is 2.11. The van der Waals surface area contributed by atoms with Crippen LogP contribution in [0.5, 0.6) is 5.75 Å². The van der Waals surface area contributed by atoms with Crippen molar-refractivity contribution in [3.63, 3.8) is 0 Å². The number of unbranched alkanes of at least 4 members (excludes halogenated alkanes) is 1. The zero-order valence-electron chi connectivity index (χ0n) is 12.5. The summed E-state index contributed by atoms with van der Waals surface area (Å²) in [4.78, 5) is 0. The molecule has 0 aliphatic heterocycles. The molecule has 7 nitrogen and oxygen atoms in total. The highest BCUT2D eigenvalue weighted by Crippen LogP contribution is 2.27. The number of nitrogens with zero attached hydrogens (tertiary/aromatic N) is 4. The third kappa shape index (κ3) is 3.91. The molecule has 2 rings (SSSR count). The smallest absolute Gasteiger partial charge is 0.182 e. The lowest BCUT2D eigenvalue weighted by Crippen LogP contribution is -2.10. The fourth-order valence-corrected chi connectivity index (χ4v) is 1.91. The van der Waals surface area contributed by atoms with Crippen LogP contribution >= 0.6 is 0 Å². The number of anilines is 1. The van der Waals surface area contributed by atoms with Crippen LogP contribution in [0.2, 0.25) is 0 Å². The van der Waals surface area contributed by atoms with E-state index in [1.54, 1.807) is 17.9 Å². The Balaban J connectivity index is 2.05. The number of hydrogen-bond acceptors (Lipinski definition) is 6. The van der Waals surface area contributed by atoms with Crippen LogP contribution in [0.4, 0.5) is 5.69 Å².